The number of rotatable bonds is 0. The topological polar surface area (TPSA) is 139 Å². The third kappa shape index (κ3) is 7.11. The van der Waals surface area contributed by atoms with Crippen molar-refractivity contribution in [2.24, 2.45) is 0 Å². The van der Waals surface area contributed by atoms with Gasteiger partial charge in [-0.05, 0) is 19.4 Å². The van der Waals surface area contributed by atoms with Crippen LogP contribution in [0, 0.1) is 0 Å². The van der Waals surface area contributed by atoms with Crippen LogP contribution in [0.3, 0.4) is 0 Å². The lowest BCUT2D eigenvalue weighted by Gasteiger charge is -2.17. The van der Waals surface area contributed by atoms with E-state index in [2.05, 4.69) is 10.3 Å². The number of Topliss-reactive ketones (excluding diaryl/α,β-unsaturated/α-hetero) is 1. The maximum Gasteiger partial charge on any atom is 0.354 e. The van der Waals surface area contributed by atoms with Crippen molar-refractivity contribution in [2.45, 2.75) is 38.7 Å². The maximum atomic E-state index is 12.8. The number of aromatic nitrogens is 1. The van der Waals surface area contributed by atoms with E-state index in [4.69, 9.17) is 9.15 Å². The predicted octanol–water partition coefficient (Wildman–Crippen LogP) is 1.39. The van der Waals surface area contributed by atoms with Gasteiger partial charge in [-0.25, -0.2) is 9.78 Å². The Morgan fingerprint density at radius 2 is 1.97 bits per heavy atom. The molecule has 3 heterocycles. The van der Waals surface area contributed by atoms with Gasteiger partial charge in [-0.3, -0.25) is 14.4 Å². The molecule has 0 saturated heterocycles. The molecule has 2 bridgehead atoms. The highest BCUT2D eigenvalue weighted by Gasteiger charge is 2.30. The Kier molecular flexibility index (Phi) is 8.69. The molecular weight excluding hydrogens is 442 g/mol. The fraction of sp³-hybridized carbons (Fsp3) is 0.375. The van der Waals surface area contributed by atoms with Crippen LogP contribution in [0.5, 0.6) is 0 Å². The zero-order chi connectivity index (χ0) is 24.5. The molecule has 0 radical (unpaired) electrons. The quantitative estimate of drug-likeness (QED) is 0.544. The first-order valence-corrected chi connectivity index (χ1v) is 11.0. The number of aliphatic hydroxyl groups is 1. The minimum absolute atomic E-state index is 0.0304. The van der Waals surface area contributed by atoms with Crippen LogP contribution >= 0.6 is 0 Å². The van der Waals surface area contributed by atoms with E-state index in [-0.39, 0.29) is 61.5 Å². The normalized spacial score (nSPS) is 24.9. The molecule has 0 fully saturated rings. The van der Waals surface area contributed by atoms with Crippen LogP contribution in [0.25, 0.3) is 0 Å². The van der Waals surface area contributed by atoms with Crippen molar-refractivity contribution < 1.29 is 33.4 Å². The van der Waals surface area contributed by atoms with Gasteiger partial charge in [-0.2, -0.15) is 0 Å². The fourth-order valence-corrected chi connectivity index (χ4v) is 3.43. The third-order valence-electron chi connectivity index (χ3n) is 5.01. The van der Waals surface area contributed by atoms with Crippen molar-refractivity contribution in [3.63, 3.8) is 0 Å². The van der Waals surface area contributed by atoms with E-state index in [1.807, 2.05) is 0 Å². The molecule has 1 aromatic rings. The average Bonchev–Trinajstić information content (AvgIpc) is 3.45. The minimum atomic E-state index is -1.00. The summed E-state index contributed by atoms with van der Waals surface area (Å²) in [6.07, 6.45) is 10.1. The highest BCUT2D eigenvalue weighted by molar-refractivity contribution is 6.00. The predicted molar refractivity (Wildman–Crippen MR) is 120 cm³/mol. The summed E-state index contributed by atoms with van der Waals surface area (Å²) in [6, 6.07) is 0. The SMILES string of the molecule is CC1=C\[C@@H](O)CC(=O)Cc2nc(co2)C(=O)N2CCC=C2C(=O)OCC/C=C/C(=O)NC\C=C\1. The van der Waals surface area contributed by atoms with Gasteiger partial charge in [0, 0.05) is 25.9 Å². The Labute approximate surface area is 196 Å². The maximum absolute atomic E-state index is 12.8. The van der Waals surface area contributed by atoms with Gasteiger partial charge in [0.15, 0.2) is 5.69 Å². The molecule has 0 aliphatic carbocycles. The van der Waals surface area contributed by atoms with Crippen molar-refractivity contribution in [2.75, 3.05) is 19.7 Å². The Bertz CT molecular complexity index is 1060. The van der Waals surface area contributed by atoms with Crippen molar-refractivity contribution in [1.82, 2.24) is 15.2 Å². The molecule has 2 aliphatic heterocycles. The second-order valence-corrected chi connectivity index (χ2v) is 7.83. The fourth-order valence-electron chi connectivity index (χ4n) is 3.43. The average molecular weight is 469 g/mol. The van der Waals surface area contributed by atoms with Crippen LogP contribution in [-0.2, 0) is 25.5 Å². The lowest BCUT2D eigenvalue weighted by atomic mass is 10.1. The molecule has 0 unspecified atom stereocenters. The van der Waals surface area contributed by atoms with E-state index in [1.165, 1.54) is 17.1 Å². The van der Waals surface area contributed by atoms with Crippen LogP contribution in [0.15, 0.2) is 58.4 Å². The monoisotopic (exact) mass is 469 g/mol. The van der Waals surface area contributed by atoms with E-state index >= 15 is 0 Å². The van der Waals surface area contributed by atoms with E-state index in [1.54, 1.807) is 31.2 Å². The van der Waals surface area contributed by atoms with Crippen molar-refractivity contribution in [1.29, 1.82) is 0 Å². The van der Waals surface area contributed by atoms with E-state index < -0.39 is 18.0 Å². The van der Waals surface area contributed by atoms with Crippen LogP contribution in [0.4, 0.5) is 0 Å². The molecule has 34 heavy (non-hydrogen) atoms. The first-order chi connectivity index (χ1) is 16.3. The number of esters is 1. The number of fused-ring (bicyclic) bond motifs is 3. The van der Waals surface area contributed by atoms with Crippen LogP contribution in [0.1, 0.15) is 42.6 Å². The zero-order valence-corrected chi connectivity index (χ0v) is 18.9. The number of hydrogen-bond acceptors (Lipinski definition) is 8. The van der Waals surface area contributed by atoms with Gasteiger partial charge in [-0.1, -0.05) is 36.0 Å². The van der Waals surface area contributed by atoms with E-state index in [9.17, 15) is 24.3 Å². The number of hydrogen-bond donors (Lipinski definition) is 2. The molecule has 2 N–H and O–H groups in total. The number of ether oxygens (including phenoxy) is 1. The number of amides is 2. The van der Waals surface area contributed by atoms with Gasteiger partial charge >= 0.3 is 5.97 Å². The number of oxazole rings is 1. The first kappa shape index (κ1) is 24.8. The number of carbonyl (C=O) groups excluding carboxylic acids is 4. The molecule has 3 rings (SSSR count). The number of cyclic esters (lactones) is 1. The minimum Gasteiger partial charge on any atom is -0.461 e. The number of ketones is 1. The van der Waals surface area contributed by atoms with Gasteiger partial charge in [0.25, 0.3) is 5.91 Å². The van der Waals surface area contributed by atoms with Crippen molar-refractivity contribution in [3.8, 4) is 0 Å². The Hall–Kier alpha value is -3.79. The number of carbonyl (C=O) groups is 4. The van der Waals surface area contributed by atoms with Gasteiger partial charge in [0.05, 0.1) is 19.1 Å². The van der Waals surface area contributed by atoms with Crippen molar-refractivity contribution in [3.05, 3.63) is 65.6 Å². The lowest BCUT2D eigenvalue weighted by molar-refractivity contribution is -0.140. The lowest BCUT2D eigenvalue weighted by Crippen LogP contribution is -2.32. The third-order valence-corrected chi connectivity index (χ3v) is 5.01. The Balaban J connectivity index is 1.75. The molecule has 10 heteroatoms. The Morgan fingerprint density at radius 1 is 1.15 bits per heavy atom. The molecule has 2 aliphatic rings. The molecule has 0 aromatic carbocycles. The zero-order valence-electron chi connectivity index (χ0n) is 18.9. The molecule has 0 spiro atoms. The summed E-state index contributed by atoms with van der Waals surface area (Å²) < 4.78 is 10.5. The van der Waals surface area contributed by atoms with Crippen LogP contribution in [0.2, 0.25) is 0 Å². The van der Waals surface area contributed by atoms with Gasteiger partial charge < -0.3 is 24.5 Å². The first-order valence-electron chi connectivity index (χ1n) is 11.0. The summed E-state index contributed by atoms with van der Waals surface area (Å²) in [6.45, 7) is 2.38. The standard InChI is InChI=1S/C24H27N3O7/c1-16-6-4-9-25-21(30)8-2-3-11-33-24(32)20-7-5-10-27(20)23(31)19-15-34-22(26-19)14-18(29)13-17(28)12-16/h2,4,6-8,12,15,17,28H,3,5,9-11,13-14H2,1H3,(H,25,30)/b6-4+,8-2+,16-12+/t17-/m1/s1. The highest BCUT2D eigenvalue weighted by atomic mass is 16.5. The summed E-state index contributed by atoms with van der Waals surface area (Å²) in [5, 5.41) is 12.8. The molecule has 180 valence electrons. The van der Waals surface area contributed by atoms with Gasteiger partial charge in [-0.15, -0.1) is 0 Å². The summed E-state index contributed by atoms with van der Waals surface area (Å²) >= 11 is 0. The highest BCUT2D eigenvalue weighted by Crippen LogP contribution is 2.20. The second-order valence-electron chi connectivity index (χ2n) is 7.83. The molecular formula is C24H27N3O7. The molecule has 1 aromatic heterocycles. The molecule has 1 atom stereocenters. The Morgan fingerprint density at radius 3 is 2.79 bits per heavy atom. The van der Waals surface area contributed by atoms with Crippen LogP contribution < -0.4 is 5.32 Å². The largest absolute Gasteiger partial charge is 0.461 e. The van der Waals surface area contributed by atoms with Crippen molar-refractivity contribution >= 4 is 23.6 Å². The van der Waals surface area contributed by atoms with Crippen LogP contribution in [-0.4, -0.2) is 64.4 Å². The molecule has 10 nitrogen and oxygen atoms in total. The van der Waals surface area contributed by atoms with E-state index in [0.717, 1.165) is 11.8 Å². The molecule has 0 saturated carbocycles. The summed E-state index contributed by atoms with van der Waals surface area (Å²) in [7, 11) is 0. The van der Waals surface area contributed by atoms with E-state index in [0.29, 0.717) is 12.8 Å². The number of nitrogens with one attached hydrogen (secondary N) is 1. The van der Waals surface area contributed by atoms with Gasteiger partial charge in [0.2, 0.25) is 11.8 Å². The second kappa shape index (κ2) is 11.9. The smallest absolute Gasteiger partial charge is 0.354 e. The van der Waals surface area contributed by atoms with Gasteiger partial charge in [0.1, 0.15) is 17.7 Å². The number of nitrogens with zero attached hydrogens (tertiary/aromatic N) is 2. The molecule has 2 amide bonds. The summed E-state index contributed by atoms with van der Waals surface area (Å²) in [4.78, 5) is 54.8. The summed E-state index contributed by atoms with van der Waals surface area (Å²) in [5.41, 5.74) is 0.809. The number of aliphatic hydroxyl groups excluding tert-OH is 1. The summed E-state index contributed by atoms with van der Waals surface area (Å²) in [5.74, 6) is -1.76. The number of allylic oxidation sites excluding steroid dienone is 2.